The molecule has 2 saturated carbocycles. The van der Waals surface area contributed by atoms with Crippen LogP contribution >= 0.6 is 0 Å². The summed E-state index contributed by atoms with van der Waals surface area (Å²) in [5.41, 5.74) is 1.99. The maximum absolute atomic E-state index is 2.49. The van der Waals surface area contributed by atoms with Crippen molar-refractivity contribution in [3.63, 3.8) is 0 Å². The van der Waals surface area contributed by atoms with Crippen molar-refractivity contribution >= 4 is 0 Å². The van der Waals surface area contributed by atoms with E-state index in [0.717, 1.165) is 5.92 Å². The van der Waals surface area contributed by atoms with E-state index >= 15 is 0 Å². The van der Waals surface area contributed by atoms with E-state index in [0.29, 0.717) is 16.2 Å². The third-order valence-electron chi connectivity index (χ3n) is 4.83. The van der Waals surface area contributed by atoms with Crippen molar-refractivity contribution in [2.75, 3.05) is 0 Å². The lowest BCUT2D eigenvalue weighted by Crippen LogP contribution is -2.32. The zero-order valence-electron chi connectivity index (χ0n) is 9.20. The molecule has 12 heavy (non-hydrogen) atoms. The first-order valence-electron chi connectivity index (χ1n) is 5.29. The minimum absolute atomic E-state index is 0.601. The van der Waals surface area contributed by atoms with Crippen LogP contribution in [0.15, 0.2) is 0 Å². The second-order valence-corrected chi connectivity index (χ2v) is 6.60. The molecule has 3 atom stereocenters. The Labute approximate surface area is 76.7 Å². The molecule has 0 aromatic rings. The first-order chi connectivity index (χ1) is 5.29. The van der Waals surface area contributed by atoms with E-state index in [1.54, 1.807) is 0 Å². The van der Waals surface area contributed by atoms with E-state index in [1.807, 2.05) is 0 Å². The monoisotopic (exact) mass is 166 g/mol. The summed E-state index contributed by atoms with van der Waals surface area (Å²) in [6.45, 7) is 12.3. The van der Waals surface area contributed by atoms with Crippen LogP contribution in [0.25, 0.3) is 0 Å². The first-order valence-corrected chi connectivity index (χ1v) is 5.29. The molecule has 2 fully saturated rings. The van der Waals surface area contributed by atoms with Crippen LogP contribution < -0.4 is 0 Å². The third kappa shape index (κ3) is 0.900. The van der Waals surface area contributed by atoms with Gasteiger partial charge < -0.3 is 0 Å². The normalized spacial score (nSPS) is 56.2. The summed E-state index contributed by atoms with van der Waals surface area (Å²) in [6.07, 6.45) is 4.35. The standard InChI is InChI=1S/C12H22/c1-9-6-10(2,3)7-11(4)8-12(9,11)5/h9H,6-8H2,1-5H3. The summed E-state index contributed by atoms with van der Waals surface area (Å²) in [6, 6.07) is 0. The van der Waals surface area contributed by atoms with Gasteiger partial charge in [0.15, 0.2) is 0 Å². The molecular formula is C12H22. The predicted octanol–water partition coefficient (Wildman–Crippen LogP) is 3.86. The van der Waals surface area contributed by atoms with Crippen molar-refractivity contribution in [1.29, 1.82) is 0 Å². The van der Waals surface area contributed by atoms with E-state index in [2.05, 4.69) is 34.6 Å². The Kier molecular flexibility index (Phi) is 1.37. The van der Waals surface area contributed by atoms with E-state index in [4.69, 9.17) is 0 Å². The van der Waals surface area contributed by atoms with E-state index < -0.39 is 0 Å². The van der Waals surface area contributed by atoms with Crippen molar-refractivity contribution in [2.24, 2.45) is 22.2 Å². The van der Waals surface area contributed by atoms with Gasteiger partial charge in [0.05, 0.1) is 0 Å². The molecule has 70 valence electrons. The molecule has 3 unspecified atom stereocenters. The highest BCUT2D eigenvalue weighted by Gasteiger charge is 2.67. The molecule has 0 nitrogen and oxygen atoms in total. The van der Waals surface area contributed by atoms with E-state index in [1.165, 1.54) is 19.3 Å². The van der Waals surface area contributed by atoms with Crippen molar-refractivity contribution in [3.8, 4) is 0 Å². The molecule has 2 aliphatic carbocycles. The molecule has 0 amide bonds. The topological polar surface area (TPSA) is 0 Å². The minimum Gasteiger partial charge on any atom is -0.0619 e. The van der Waals surface area contributed by atoms with Gasteiger partial charge in [-0.2, -0.15) is 0 Å². The fourth-order valence-electron chi connectivity index (χ4n) is 3.98. The molecule has 0 N–H and O–H groups in total. The van der Waals surface area contributed by atoms with Gasteiger partial charge in [-0.15, -0.1) is 0 Å². The van der Waals surface area contributed by atoms with Gasteiger partial charge in [-0.1, -0.05) is 34.6 Å². The lowest BCUT2D eigenvalue weighted by molar-refractivity contribution is 0.0847. The van der Waals surface area contributed by atoms with Gasteiger partial charge in [0.1, 0.15) is 0 Å². The van der Waals surface area contributed by atoms with E-state index in [9.17, 15) is 0 Å². The Morgan fingerprint density at radius 1 is 1.00 bits per heavy atom. The van der Waals surface area contributed by atoms with Crippen LogP contribution in [-0.4, -0.2) is 0 Å². The van der Waals surface area contributed by atoms with Crippen LogP contribution in [0, 0.1) is 22.2 Å². The van der Waals surface area contributed by atoms with Gasteiger partial charge in [-0.3, -0.25) is 0 Å². The highest BCUT2D eigenvalue weighted by molar-refractivity contribution is 5.16. The van der Waals surface area contributed by atoms with E-state index in [-0.39, 0.29) is 0 Å². The van der Waals surface area contributed by atoms with Crippen molar-refractivity contribution < 1.29 is 0 Å². The lowest BCUT2D eigenvalue weighted by Gasteiger charge is -2.41. The fraction of sp³-hybridized carbons (Fsp3) is 1.00. The number of hydrogen-bond donors (Lipinski definition) is 0. The Bertz CT molecular complexity index is 216. The summed E-state index contributed by atoms with van der Waals surface area (Å²) in [5.74, 6) is 0.936. The van der Waals surface area contributed by atoms with Crippen LogP contribution in [-0.2, 0) is 0 Å². The molecule has 0 bridgehead atoms. The molecule has 2 aliphatic rings. The SMILES string of the molecule is CC1CC(C)(C)CC2(C)CC12C. The molecule has 0 heteroatoms. The van der Waals surface area contributed by atoms with Gasteiger partial charge in [0.25, 0.3) is 0 Å². The Morgan fingerprint density at radius 3 is 2.08 bits per heavy atom. The fourth-order valence-corrected chi connectivity index (χ4v) is 3.98. The van der Waals surface area contributed by atoms with Crippen LogP contribution in [0.5, 0.6) is 0 Å². The lowest BCUT2D eigenvalue weighted by atomic mass is 9.64. The Hall–Kier alpha value is 0. The maximum atomic E-state index is 2.49. The third-order valence-corrected chi connectivity index (χ3v) is 4.83. The molecule has 0 saturated heterocycles. The minimum atomic E-state index is 0.601. The van der Waals surface area contributed by atoms with Gasteiger partial charge in [-0.25, -0.2) is 0 Å². The molecule has 0 aliphatic heterocycles. The molecule has 2 rings (SSSR count). The van der Waals surface area contributed by atoms with Crippen LogP contribution in [0.3, 0.4) is 0 Å². The smallest absolute Gasteiger partial charge is 0.0240 e. The summed E-state index contributed by atoms with van der Waals surface area (Å²) in [5, 5.41) is 0. The molecule has 0 aromatic heterocycles. The second-order valence-electron chi connectivity index (χ2n) is 6.60. The highest BCUT2D eigenvalue weighted by atomic mass is 14.7. The van der Waals surface area contributed by atoms with Crippen LogP contribution in [0.2, 0.25) is 0 Å². The van der Waals surface area contributed by atoms with Gasteiger partial charge in [0, 0.05) is 0 Å². The quantitative estimate of drug-likeness (QED) is 0.512. The van der Waals surface area contributed by atoms with Crippen LogP contribution in [0.1, 0.15) is 53.9 Å². The summed E-state index contributed by atoms with van der Waals surface area (Å²) < 4.78 is 0. The summed E-state index contributed by atoms with van der Waals surface area (Å²) >= 11 is 0. The number of fused-ring (bicyclic) bond motifs is 1. The van der Waals surface area contributed by atoms with Crippen molar-refractivity contribution in [1.82, 2.24) is 0 Å². The van der Waals surface area contributed by atoms with Crippen LogP contribution in [0.4, 0.5) is 0 Å². The molecule has 0 aromatic carbocycles. The van der Waals surface area contributed by atoms with Gasteiger partial charge in [0.2, 0.25) is 0 Å². The summed E-state index contributed by atoms with van der Waals surface area (Å²) in [4.78, 5) is 0. The average Bonchev–Trinajstić information content (AvgIpc) is 2.31. The molecule has 0 spiro atoms. The number of rotatable bonds is 0. The Balaban J connectivity index is 2.24. The highest BCUT2D eigenvalue weighted by Crippen LogP contribution is 2.75. The summed E-state index contributed by atoms with van der Waals surface area (Å²) in [7, 11) is 0. The van der Waals surface area contributed by atoms with Crippen molar-refractivity contribution in [3.05, 3.63) is 0 Å². The first kappa shape index (κ1) is 8.59. The zero-order valence-corrected chi connectivity index (χ0v) is 9.20. The Morgan fingerprint density at radius 2 is 1.58 bits per heavy atom. The predicted molar refractivity (Wildman–Crippen MR) is 53.0 cm³/mol. The molecule has 0 heterocycles. The number of hydrogen-bond acceptors (Lipinski definition) is 0. The molecule has 0 radical (unpaired) electrons. The van der Waals surface area contributed by atoms with Gasteiger partial charge in [-0.05, 0) is 41.4 Å². The van der Waals surface area contributed by atoms with Crippen molar-refractivity contribution in [2.45, 2.75) is 53.9 Å². The van der Waals surface area contributed by atoms with Gasteiger partial charge >= 0.3 is 0 Å². The maximum Gasteiger partial charge on any atom is -0.0240 e. The average molecular weight is 166 g/mol. The second kappa shape index (κ2) is 1.91. The molecular weight excluding hydrogens is 144 g/mol. The largest absolute Gasteiger partial charge is 0.0619 e. The zero-order chi connectivity index (χ0) is 9.20.